The van der Waals surface area contributed by atoms with Gasteiger partial charge in [0.05, 0.1) is 4.92 Å². The summed E-state index contributed by atoms with van der Waals surface area (Å²) < 4.78 is 0. The van der Waals surface area contributed by atoms with E-state index in [0.29, 0.717) is 17.4 Å². The number of H-pyrrole nitrogens is 1. The number of amides is 1. The predicted octanol–water partition coefficient (Wildman–Crippen LogP) is 2.02. The van der Waals surface area contributed by atoms with Crippen molar-refractivity contribution >= 4 is 28.5 Å². The number of aromatic carboxylic acids is 1. The van der Waals surface area contributed by atoms with Gasteiger partial charge in [-0.05, 0) is 30.0 Å². The average molecular weight is 319 g/mol. The molecule has 0 bridgehead atoms. The maximum absolute atomic E-state index is 11.4. The van der Waals surface area contributed by atoms with E-state index < -0.39 is 10.9 Å². The number of aromatic amines is 1. The normalized spacial score (nSPS) is 10.7. The van der Waals surface area contributed by atoms with Crippen LogP contribution in [0.25, 0.3) is 10.9 Å². The van der Waals surface area contributed by atoms with Gasteiger partial charge in [0, 0.05) is 24.9 Å². The second-order valence-electron chi connectivity index (χ2n) is 5.11. The number of non-ortho nitro benzene ring substituents is 1. The van der Waals surface area contributed by atoms with Crippen molar-refractivity contribution in [2.75, 3.05) is 7.05 Å². The molecule has 1 aromatic carbocycles. The summed E-state index contributed by atoms with van der Waals surface area (Å²) in [4.78, 5) is 36.2. The van der Waals surface area contributed by atoms with Gasteiger partial charge in [-0.1, -0.05) is 6.92 Å². The topological polar surface area (TPSA) is 125 Å². The minimum Gasteiger partial charge on any atom is -0.477 e. The largest absolute Gasteiger partial charge is 0.477 e. The van der Waals surface area contributed by atoms with Crippen LogP contribution in [0.2, 0.25) is 0 Å². The standard InChI is InChI=1S/C15H17N3O5/c1-3-8-6-10-9(4-5-12(19)16-2)14(15(20)21)17-13(10)11(7-8)18(22)23/h6-7,17H,3-5H2,1-2H3,(H,16,19)(H,20,21). The molecular weight excluding hydrogens is 302 g/mol. The number of carbonyl (C=O) groups is 2. The minimum atomic E-state index is -1.21. The quantitative estimate of drug-likeness (QED) is 0.554. The molecule has 0 spiro atoms. The van der Waals surface area contributed by atoms with Crippen LogP contribution in [0.15, 0.2) is 12.1 Å². The molecule has 2 rings (SSSR count). The van der Waals surface area contributed by atoms with Crippen LogP contribution in [0, 0.1) is 10.1 Å². The van der Waals surface area contributed by atoms with Gasteiger partial charge in [0.2, 0.25) is 5.91 Å². The molecule has 1 heterocycles. The van der Waals surface area contributed by atoms with E-state index in [1.165, 1.54) is 13.1 Å². The van der Waals surface area contributed by atoms with Crippen LogP contribution in [-0.4, -0.2) is 33.9 Å². The van der Waals surface area contributed by atoms with Crippen molar-refractivity contribution in [3.63, 3.8) is 0 Å². The van der Waals surface area contributed by atoms with Crippen LogP contribution >= 0.6 is 0 Å². The Kier molecular flexibility index (Phi) is 4.63. The van der Waals surface area contributed by atoms with Crippen LogP contribution < -0.4 is 5.32 Å². The third kappa shape index (κ3) is 3.15. The van der Waals surface area contributed by atoms with Crippen LogP contribution in [0.4, 0.5) is 5.69 Å². The number of benzene rings is 1. The lowest BCUT2D eigenvalue weighted by Crippen LogP contribution is -2.18. The van der Waals surface area contributed by atoms with Gasteiger partial charge in [0.25, 0.3) is 5.69 Å². The van der Waals surface area contributed by atoms with Gasteiger partial charge in [-0.3, -0.25) is 14.9 Å². The van der Waals surface area contributed by atoms with Crippen molar-refractivity contribution in [3.05, 3.63) is 39.1 Å². The molecule has 8 heteroatoms. The number of aromatic nitrogens is 1. The summed E-state index contributed by atoms with van der Waals surface area (Å²) in [5.41, 5.74) is 1.06. The molecule has 0 radical (unpaired) electrons. The molecule has 0 unspecified atom stereocenters. The molecule has 3 N–H and O–H groups in total. The molecule has 0 atom stereocenters. The van der Waals surface area contributed by atoms with Crippen molar-refractivity contribution in [1.29, 1.82) is 0 Å². The summed E-state index contributed by atoms with van der Waals surface area (Å²) in [7, 11) is 1.50. The van der Waals surface area contributed by atoms with Gasteiger partial charge in [-0.15, -0.1) is 0 Å². The van der Waals surface area contributed by atoms with Gasteiger partial charge in [0.15, 0.2) is 0 Å². The third-order valence-electron chi connectivity index (χ3n) is 3.75. The maximum atomic E-state index is 11.4. The molecule has 2 aromatic rings. The number of nitro groups is 1. The maximum Gasteiger partial charge on any atom is 0.352 e. The lowest BCUT2D eigenvalue weighted by Gasteiger charge is -2.03. The Morgan fingerprint density at radius 1 is 1.39 bits per heavy atom. The molecule has 0 fully saturated rings. The number of aryl methyl sites for hydroxylation is 2. The first-order valence-corrected chi connectivity index (χ1v) is 7.14. The van der Waals surface area contributed by atoms with Crippen LogP contribution in [0.3, 0.4) is 0 Å². The minimum absolute atomic E-state index is 0.105. The number of nitrogens with one attached hydrogen (secondary N) is 2. The first-order chi connectivity index (χ1) is 10.9. The van der Waals surface area contributed by atoms with E-state index >= 15 is 0 Å². The fourth-order valence-corrected chi connectivity index (χ4v) is 2.54. The van der Waals surface area contributed by atoms with E-state index in [9.17, 15) is 24.8 Å². The van der Waals surface area contributed by atoms with Gasteiger partial charge < -0.3 is 15.4 Å². The summed E-state index contributed by atoms with van der Waals surface area (Å²) in [5, 5.41) is 23.6. The fraction of sp³-hybridized carbons (Fsp3) is 0.333. The molecule has 0 saturated heterocycles. The number of nitro benzene ring substituents is 1. The summed E-state index contributed by atoms with van der Waals surface area (Å²) >= 11 is 0. The Morgan fingerprint density at radius 2 is 2.09 bits per heavy atom. The first-order valence-electron chi connectivity index (χ1n) is 7.14. The molecule has 8 nitrogen and oxygen atoms in total. The van der Waals surface area contributed by atoms with Crippen molar-refractivity contribution in [3.8, 4) is 0 Å². The number of rotatable bonds is 6. The Labute approximate surface area is 131 Å². The second-order valence-corrected chi connectivity index (χ2v) is 5.11. The number of nitrogens with zero attached hydrogens (tertiary/aromatic N) is 1. The van der Waals surface area contributed by atoms with E-state index in [0.717, 1.165) is 5.56 Å². The molecule has 0 aliphatic heterocycles. The molecule has 23 heavy (non-hydrogen) atoms. The molecule has 0 saturated carbocycles. The van der Waals surface area contributed by atoms with Gasteiger partial charge >= 0.3 is 5.97 Å². The van der Waals surface area contributed by atoms with Crippen molar-refractivity contribution in [2.45, 2.75) is 26.2 Å². The molecule has 0 aliphatic rings. The Bertz CT molecular complexity index is 794. The van der Waals surface area contributed by atoms with Gasteiger partial charge in [-0.2, -0.15) is 0 Å². The van der Waals surface area contributed by atoms with Crippen LogP contribution in [-0.2, 0) is 17.6 Å². The van der Waals surface area contributed by atoms with E-state index in [4.69, 9.17) is 0 Å². The smallest absolute Gasteiger partial charge is 0.352 e. The molecular formula is C15H17N3O5. The van der Waals surface area contributed by atoms with Gasteiger partial charge in [0.1, 0.15) is 11.2 Å². The SMILES string of the molecule is CCc1cc([N+](=O)[O-])c2[nH]c(C(=O)O)c(CCC(=O)NC)c2c1. The number of carboxylic acids is 1. The van der Waals surface area contributed by atoms with E-state index in [1.807, 2.05) is 6.92 Å². The van der Waals surface area contributed by atoms with Crippen molar-refractivity contribution in [2.24, 2.45) is 0 Å². The first kappa shape index (κ1) is 16.5. The van der Waals surface area contributed by atoms with Crippen LogP contribution in [0.1, 0.15) is 35.0 Å². The number of fused-ring (bicyclic) bond motifs is 1. The average Bonchev–Trinajstić information content (AvgIpc) is 2.89. The number of carboxylic acid groups (broad SMARTS) is 1. The lowest BCUT2D eigenvalue weighted by atomic mass is 10.0. The zero-order valence-corrected chi connectivity index (χ0v) is 12.8. The Morgan fingerprint density at radius 3 is 2.61 bits per heavy atom. The zero-order chi connectivity index (χ0) is 17.1. The highest BCUT2D eigenvalue weighted by Crippen LogP contribution is 2.32. The summed E-state index contributed by atoms with van der Waals surface area (Å²) in [6, 6.07) is 3.18. The highest BCUT2D eigenvalue weighted by atomic mass is 16.6. The van der Waals surface area contributed by atoms with Crippen molar-refractivity contribution in [1.82, 2.24) is 10.3 Å². The fourth-order valence-electron chi connectivity index (χ4n) is 2.54. The van der Waals surface area contributed by atoms with Gasteiger partial charge in [-0.25, -0.2) is 4.79 Å². The summed E-state index contributed by atoms with van der Waals surface area (Å²) in [6.07, 6.45) is 0.874. The van der Waals surface area contributed by atoms with E-state index in [1.54, 1.807) is 6.07 Å². The lowest BCUT2D eigenvalue weighted by molar-refractivity contribution is -0.383. The molecule has 122 valence electrons. The molecule has 1 amide bonds. The highest BCUT2D eigenvalue weighted by Gasteiger charge is 2.24. The summed E-state index contributed by atoms with van der Waals surface area (Å²) in [6.45, 7) is 1.86. The number of hydrogen-bond donors (Lipinski definition) is 3. The zero-order valence-electron chi connectivity index (χ0n) is 12.8. The molecule has 0 aliphatic carbocycles. The highest BCUT2D eigenvalue weighted by molar-refractivity contribution is 6.01. The van der Waals surface area contributed by atoms with E-state index in [2.05, 4.69) is 10.3 Å². The predicted molar refractivity (Wildman–Crippen MR) is 83.7 cm³/mol. The second kappa shape index (κ2) is 6.47. The van der Waals surface area contributed by atoms with Crippen LogP contribution in [0.5, 0.6) is 0 Å². The molecule has 1 aromatic heterocycles. The van der Waals surface area contributed by atoms with Crippen molar-refractivity contribution < 1.29 is 19.6 Å². The Hall–Kier alpha value is -2.90. The summed E-state index contributed by atoms with van der Waals surface area (Å²) in [5.74, 6) is -1.43. The monoisotopic (exact) mass is 319 g/mol. The van der Waals surface area contributed by atoms with E-state index in [-0.39, 0.29) is 35.6 Å². The number of hydrogen-bond acceptors (Lipinski definition) is 4. The Balaban J connectivity index is 2.68. The number of carbonyl (C=O) groups excluding carboxylic acids is 1. The third-order valence-corrected chi connectivity index (χ3v) is 3.75.